The maximum absolute atomic E-state index is 12.4. The molecule has 29 heavy (non-hydrogen) atoms. The highest BCUT2D eigenvalue weighted by atomic mass is 28.3. The molecule has 2 N–H and O–H groups in total. The second-order valence-electron chi connectivity index (χ2n) is 8.55. The van der Waals surface area contributed by atoms with E-state index in [-0.39, 0.29) is 31.8 Å². The van der Waals surface area contributed by atoms with Crippen molar-refractivity contribution in [2.24, 2.45) is 0 Å². The van der Waals surface area contributed by atoms with Crippen LogP contribution in [0.4, 0.5) is 11.6 Å². The lowest BCUT2D eigenvalue weighted by molar-refractivity contribution is -0.122. The number of pyridine rings is 1. The zero-order valence-electron chi connectivity index (χ0n) is 17.2. The van der Waals surface area contributed by atoms with Gasteiger partial charge in [-0.1, -0.05) is 19.6 Å². The average Bonchev–Trinajstić information content (AvgIpc) is 3.04. The third kappa shape index (κ3) is 5.45. The van der Waals surface area contributed by atoms with Gasteiger partial charge in [-0.15, -0.1) is 0 Å². The zero-order valence-corrected chi connectivity index (χ0v) is 18.2. The fourth-order valence-corrected chi connectivity index (χ4v) is 4.05. The Balaban J connectivity index is 1.71. The predicted octanol–water partition coefficient (Wildman–Crippen LogP) is 1.13. The molecule has 3 heterocycles. The van der Waals surface area contributed by atoms with Gasteiger partial charge in [0.2, 0.25) is 0 Å². The fourth-order valence-electron chi connectivity index (χ4n) is 3.29. The summed E-state index contributed by atoms with van der Waals surface area (Å²) in [4.78, 5) is 20.3. The van der Waals surface area contributed by atoms with Crippen LogP contribution in [0.2, 0.25) is 25.7 Å². The van der Waals surface area contributed by atoms with Crippen LogP contribution < -0.4 is 19.9 Å². The zero-order chi connectivity index (χ0) is 21.0. The highest BCUT2D eigenvalue weighted by molar-refractivity contribution is 6.76. The minimum Gasteiger partial charge on any atom is -0.480 e. The summed E-state index contributed by atoms with van der Waals surface area (Å²) >= 11 is 0. The van der Waals surface area contributed by atoms with E-state index in [9.17, 15) is 9.90 Å². The maximum atomic E-state index is 12.4. The van der Waals surface area contributed by atoms with Crippen molar-refractivity contribution in [3.05, 3.63) is 12.1 Å². The number of nitrogens with zero attached hydrogens (tertiary/aromatic N) is 4. The third-order valence-electron chi connectivity index (χ3n) is 4.99. The Bertz CT molecular complexity index is 779. The summed E-state index contributed by atoms with van der Waals surface area (Å²) in [5, 5.41) is 22.2. The van der Waals surface area contributed by atoms with Crippen molar-refractivity contribution in [1.29, 1.82) is 5.26 Å². The molecule has 2 aliphatic rings. The fraction of sp³-hybridized carbons (Fsp3) is 0.632. The van der Waals surface area contributed by atoms with Crippen molar-refractivity contribution in [2.45, 2.75) is 44.4 Å². The molecule has 0 radical (unpaired) electrons. The SMILES string of the molecule is C[Si](C)(C)CCOCN1C(=O)COc2ccc(N3CC(NCC#N)CC3O)nc21. The molecule has 9 nitrogen and oxygen atoms in total. The van der Waals surface area contributed by atoms with Crippen LogP contribution in [0.1, 0.15) is 6.42 Å². The molecule has 2 aliphatic heterocycles. The standard InChI is InChI=1S/C19H29N5O4Si/c1-29(2,3)9-8-27-13-24-18(26)12-28-15-4-5-16(22-19(15)24)23-11-14(10-17(23)25)21-7-6-20/h4-5,14,17,21,25H,7-13H2,1-3H3. The molecule has 0 bridgehead atoms. The number of aromatic nitrogens is 1. The normalized spacial score (nSPS) is 21.7. The van der Waals surface area contributed by atoms with Crippen LogP contribution in [0, 0.1) is 11.3 Å². The number of amides is 1. The number of aliphatic hydroxyl groups is 1. The molecular weight excluding hydrogens is 390 g/mol. The predicted molar refractivity (Wildman–Crippen MR) is 112 cm³/mol. The van der Waals surface area contributed by atoms with Crippen LogP contribution in [-0.2, 0) is 9.53 Å². The molecule has 3 rings (SSSR count). The molecule has 1 aromatic heterocycles. The van der Waals surface area contributed by atoms with E-state index in [0.717, 1.165) is 6.04 Å². The molecular formula is C19H29N5O4Si. The number of carbonyl (C=O) groups excluding carboxylic acids is 1. The van der Waals surface area contributed by atoms with Crippen LogP contribution >= 0.6 is 0 Å². The van der Waals surface area contributed by atoms with Crippen LogP contribution in [0.15, 0.2) is 12.1 Å². The second kappa shape index (κ2) is 9.09. The molecule has 158 valence electrons. The topological polar surface area (TPSA) is 111 Å². The van der Waals surface area contributed by atoms with Gasteiger partial charge < -0.3 is 19.5 Å². The molecule has 10 heteroatoms. The number of aliphatic hydroxyl groups excluding tert-OH is 1. The van der Waals surface area contributed by atoms with Crippen LogP contribution in [0.25, 0.3) is 0 Å². The molecule has 0 aromatic carbocycles. The van der Waals surface area contributed by atoms with Crippen molar-refractivity contribution >= 4 is 25.6 Å². The van der Waals surface area contributed by atoms with Gasteiger partial charge >= 0.3 is 0 Å². The number of carbonyl (C=O) groups is 1. The Kier molecular flexibility index (Phi) is 6.74. The maximum Gasteiger partial charge on any atom is 0.268 e. The van der Waals surface area contributed by atoms with E-state index in [4.69, 9.17) is 14.7 Å². The Morgan fingerprint density at radius 2 is 2.24 bits per heavy atom. The summed E-state index contributed by atoms with van der Waals surface area (Å²) < 4.78 is 11.3. The number of nitrogens with one attached hydrogen (secondary N) is 1. The summed E-state index contributed by atoms with van der Waals surface area (Å²) in [7, 11) is -1.21. The first kappa shape index (κ1) is 21.5. The minimum absolute atomic E-state index is 0.00126. The van der Waals surface area contributed by atoms with Crippen molar-refractivity contribution in [1.82, 2.24) is 10.3 Å². The Labute approximate surface area is 172 Å². The molecule has 1 aromatic rings. The summed E-state index contributed by atoms with van der Waals surface area (Å²) in [5.74, 6) is 1.29. The van der Waals surface area contributed by atoms with Gasteiger partial charge in [-0.05, 0) is 18.2 Å². The van der Waals surface area contributed by atoms with Crippen molar-refractivity contribution in [3.63, 3.8) is 0 Å². The van der Waals surface area contributed by atoms with E-state index in [1.165, 1.54) is 4.90 Å². The highest BCUT2D eigenvalue weighted by Gasteiger charge is 2.33. The number of rotatable bonds is 8. The van der Waals surface area contributed by atoms with Crippen LogP contribution in [0.3, 0.4) is 0 Å². The lowest BCUT2D eigenvalue weighted by Gasteiger charge is -2.30. The average molecular weight is 420 g/mol. The smallest absolute Gasteiger partial charge is 0.268 e. The first-order chi connectivity index (χ1) is 13.8. The monoisotopic (exact) mass is 419 g/mol. The second-order valence-corrected chi connectivity index (χ2v) is 14.2. The summed E-state index contributed by atoms with van der Waals surface area (Å²) in [6.45, 7) is 8.28. The van der Waals surface area contributed by atoms with E-state index in [2.05, 4.69) is 36.0 Å². The Morgan fingerprint density at radius 1 is 1.45 bits per heavy atom. The van der Waals surface area contributed by atoms with Crippen LogP contribution in [-0.4, -0.2) is 69.4 Å². The minimum atomic E-state index is -1.21. The quantitative estimate of drug-likeness (QED) is 0.366. The third-order valence-corrected chi connectivity index (χ3v) is 6.69. The molecule has 1 fully saturated rings. The van der Waals surface area contributed by atoms with Gasteiger partial charge in [0.1, 0.15) is 18.8 Å². The van der Waals surface area contributed by atoms with Gasteiger partial charge in [0.25, 0.3) is 5.91 Å². The van der Waals surface area contributed by atoms with E-state index in [0.29, 0.717) is 37.0 Å². The highest BCUT2D eigenvalue weighted by Crippen LogP contribution is 2.34. The molecule has 2 atom stereocenters. The first-order valence-electron chi connectivity index (χ1n) is 9.85. The van der Waals surface area contributed by atoms with Gasteiger partial charge in [0.15, 0.2) is 18.2 Å². The first-order valence-corrected chi connectivity index (χ1v) is 13.6. The number of nitriles is 1. The number of fused-ring (bicyclic) bond motifs is 1. The largest absolute Gasteiger partial charge is 0.480 e. The van der Waals surface area contributed by atoms with Gasteiger partial charge in [0, 0.05) is 33.7 Å². The lowest BCUT2D eigenvalue weighted by atomic mass is 10.2. The van der Waals surface area contributed by atoms with Gasteiger partial charge in [-0.3, -0.25) is 15.0 Å². The number of anilines is 2. The van der Waals surface area contributed by atoms with E-state index in [1.54, 1.807) is 17.0 Å². The van der Waals surface area contributed by atoms with E-state index >= 15 is 0 Å². The Hall–Kier alpha value is -2.19. The number of ether oxygens (including phenoxy) is 2. The number of hydrogen-bond acceptors (Lipinski definition) is 8. The van der Waals surface area contributed by atoms with E-state index in [1.807, 2.05) is 0 Å². The van der Waals surface area contributed by atoms with Gasteiger partial charge in [0.05, 0.1) is 12.6 Å². The molecule has 0 saturated carbocycles. The number of hydrogen-bond donors (Lipinski definition) is 2. The lowest BCUT2D eigenvalue weighted by Crippen LogP contribution is -2.41. The summed E-state index contributed by atoms with van der Waals surface area (Å²) in [6, 6.07) is 6.61. The molecule has 0 aliphatic carbocycles. The van der Waals surface area contributed by atoms with Crippen molar-refractivity contribution in [2.75, 3.05) is 42.8 Å². The van der Waals surface area contributed by atoms with Gasteiger partial charge in [-0.2, -0.15) is 5.26 Å². The van der Waals surface area contributed by atoms with Crippen LogP contribution in [0.5, 0.6) is 5.75 Å². The van der Waals surface area contributed by atoms with E-state index < -0.39 is 14.3 Å². The molecule has 1 saturated heterocycles. The van der Waals surface area contributed by atoms with Gasteiger partial charge in [-0.25, -0.2) is 4.98 Å². The van der Waals surface area contributed by atoms with Crippen molar-refractivity contribution in [3.8, 4) is 11.8 Å². The summed E-state index contributed by atoms with van der Waals surface area (Å²) in [6.07, 6.45) is -0.210. The Morgan fingerprint density at radius 3 is 2.97 bits per heavy atom. The summed E-state index contributed by atoms with van der Waals surface area (Å²) in [5.41, 5.74) is 0. The van der Waals surface area contributed by atoms with Crippen molar-refractivity contribution < 1.29 is 19.4 Å². The molecule has 1 amide bonds. The molecule has 2 unspecified atom stereocenters. The molecule has 0 spiro atoms.